The fourth-order valence-corrected chi connectivity index (χ4v) is 7.10. The molecule has 13 heteroatoms. The Morgan fingerprint density at radius 1 is 0.875 bits per heavy atom. The molecule has 3 saturated heterocycles. The summed E-state index contributed by atoms with van der Waals surface area (Å²) in [4.78, 5) is 60.8. The van der Waals surface area contributed by atoms with Gasteiger partial charge in [0.05, 0.1) is 29.2 Å². The molecule has 12 nitrogen and oxygen atoms in total. The highest BCUT2D eigenvalue weighted by Gasteiger charge is 2.30. The maximum absolute atomic E-state index is 14.9. The molecular formula is C35H45FN8O4. The van der Waals surface area contributed by atoms with Crippen molar-refractivity contribution in [2.24, 2.45) is 11.7 Å². The number of nitrogens with two attached hydrogens (primary N) is 1. The van der Waals surface area contributed by atoms with Crippen LogP contribution in [-0.4, -0.2) is 137 Å². The van der Waals surface area contributed by atoms with Crippen molar-refractivity contribution >= 4 is 28.5 Å². The number of fused-ring (bicyclic) bond motifs is 1. The second kappa shape index (κ2) is 14.9. The number of H-pyrrole nitrogens is 1. The van der Waals surface area contributed by atoms with Crippen LogP contribution in [0.5, 0.6) is 0 Å². The highest BCUT2D eigenvalue weighted by molar-refractivity contribution is 5.95. The van der Waals surface area contributed by atoms with E-state index in [1.807, 2.05) is 17.0 Å². The van der Waals surface area contributed by atoms with Crippen LogP contribution in [0.25, 0.3) is 10.8 Å². The van der Waals surface area contributed by atoms with Gasteiger partial charge >= 0.3 is 0 Å². The van der Waals surface area contributed by atoms with E-state index in [1.165, 1.54) is 6.07 Å². The molecule has 2 aromatic carbocycles. The van der Waals surface area contributed by atoms with E-state index in [-0.39, 0.29) is 22.9 Å². The number of rotatable bonds is 8. The molecule has 256 valence electrons. The van der Waals surface area contributed by atoms with E-state index < -0.39 is 17.8 Å². The second-order valence-corrected chi connectivity index (χ2v) is 13.3. The van der Waals surface area contributed by atoms with Crippen molar-refractivity contribution in [1.82, 2.24) is 34.7 Å². The van der Waals surface area contributed by atoms with Crippen LogP contribution in [0.15, 0.2) is 47.3 Å². The number of amides is 3. The van der Waals surface area contributed by atoms with E-state index in [9.17, 15) is 23.6 Å². The zero-order valence-electron chi connectivity index (χ0n) is 27.6. The van der Waals surface area contributed by atoms with E-state index >= 15 is 0 Å². The molecule has 0 radical (unpaired) electrons. The number of aromatic amines is 1. The summed E-state index contributed by atoms with van der Waals surface area (Å²) in [7, 11) is 0. The van der Waals surface area contributed by atoms with Crippen molar-refractivity contribution in [2.75, 3.05) is 78.5 Å². The predicted molar refractivity (Wildman–Crippen MR) is 180 cm³/mol. The number of piperidine rings is 1. The Morgan fingerprint density at radius 2 is 1.52 bits per heavy atom. The van der Waals surface area contributed by atoms with Gasteiger partial charge in [-0.2, -0.15) is 5.10 Å². The molecule has 0 spiro atoms. The SMILES string of the molecule is C[C@H](N)C(=O)N1CCN(CC2CCN(CC(=O)N3CCN(C(=O)c4cc(Cc5n[nH]c(=O)c6ccccc56)ccc4F)CC3)CC2)CC1. The number of hydrogen-bond acceptors (Lipinski definition) is 8. The highest BCUT2D eigenvalue weighted by Crippen LogP contribution is 2.22. The maximum Gasteiger partial charge on any atom is 0.272 e. The lowest BCUT2D eigenvalue weighted by Gasteiger charge is -2.40. The minimum atomic E-state index is -0.594. The van der Waals surface area contributed by atoms with Gasteiger partial charge in [-0.3, -0.25) is 29.0 Å². The summed E-state index contributed by atoms with van der Waals surface area (Å²) in [6, 6.07) is 11.2. The molecule has 3 amide bonds. The molecule has 3 aromatic rings. The maximum atomic E-state index is 14.9. The van der Waals surface area contributed by atoms with E-state index in [0.717, 1.165) is 58.7 Å². The molecule has 0 saturated carbocycles. The van der Waals surface area contributed by atoms with Gasteiger partial charge in [-0.25, -0.2) is 9.49 Å². The first-order chi connectivity index (χ1) is 23.2. The largest absolute Gasteiger partial charge is 0.339 e. The number of carbonyl (C=O) groups excluding carboxylic acids is 3. The fraction of sp³-hybridized carbons (Fsp3) is 0.514. The standard InChI is InChI=1S/C35H45FN8O4/c1-24(37)34(47)43-14-12-41(13-15-43)22-25-8-10-40(11-9-25)23-32(45)42-16-18-44(19-17-42)35(48)29-20-26(6-7-30(29)36)21-31-27-4-2-3-5-28(27)33(46)39-38-31/h2-7,20,24-25H,8-19,21-23,37H2,1H3,(H,39,46)/t24-/m0/s1. The summed E-state index contributed by atoms with van der Waals surface area (Å²) in [5, 5.41) is 7.97. The van der Waals surface area contributed by atoms with Gasteiger partial charge in [0.2, 0.25) is 11.8 Å². The smallest absolute Gasteiger partial charge is 0.272 e. The minimum Gasteiger partial charge on any atom is -0.339 e. The van der Waals surface area contributed by atoms with Crippen LogP contribution in [-0.2, 0) is 16.0 Å². The van der Waals surface area contributed by atoms with Crippen LogP contribution >= 0.6 is 0 Å². The zero-order valence-corrected chi connectivity index (χ0v) is 27.6. The summed E-state index contributed by atoms with van der Waals surface area (Å²) in [6.45, 7) is 9.55. The molecule has 0 unspecified atom stereocenters. The third kappa shape index (κ3) is 7.74. The van der Waals surface area contributed by atoms with Gasteiger partial charge in [0.15, 0.2) is 0 Å². The average Bonchev–Trinajstić information content (AvgIpc) is 3.11. The molecule has 3 aliphatic heterocycles. The second-order valence-electron chi connectivity index (χ2n) is 13.3. The molecule has 48 heavy (non-hydrogen) atoms. The number of hydrogen-bond donors (Lipinski definition) is 2. The Labute approximate surface area is 279 Å². The lowest BCUT2D eigenvalue weighted by atomic mass is 9.96. The molecule has 3 N–H and O–H groups in total. The molecule has 1 atom stereocenters. The van der Waals surface area contributed by atoms with Crippen molar-refractivity contribution < 1.29 is 18.8 Å². The van der Waals surface area contributed by atoms with E-state index in [0.29, 0.717) is 67.1 Å². The van der Waals surface area contributed by atoms with Gasteiger partial charge in [0, 0.05) is 70.7 Å². The molecule has 1 aromatic heterocycles. The van der Waals surface area contributed by atoms with Crippen LogP contribution in [0.1, 0.15) is 41.4 Å². The Hall–Kier alpha value is -4.20. The van der Waals surface area contributed by atoms with E-state index in [2.05, 4.69) is 20.0 Å². The summed E-state index contributed by atoms with van der Waals surface area (Å²) < 4.78 is 14.9. The van der Waals surface area contributed by atoms with Crippen LogP contribution < -0.4 is 11.3 Å². The Bertz CT molecular complexity index is 1690. The number of carbonyl (C=O) groups is 3. The molecule has 0 bridgehead atoms. The van der Waals surface area contributed by atoms with E-state index in [4.69, 9.17) is 5.73 Å². The number of benzene rings is 2. The highest BCUT2D eigenvalue weighted by atomic mass is 19.1. The normalized spacial score (nSPS) is 19.1. The lowest BCUT2D eigenvalue weighted by Crippen LogP contribution is -2.54. The summed E-state index contributed by atoms with van der Waals surface area (Å²) in [6.07, 6.45) is 2.40. The zero-order chi connectivity index (χ0) is 33.8. The number of likely N-dealkylation sites (tertiary alicyclic amines) is 1. The Kier molecular flexibility index (Phi) is 10.5. The summed E-state index contributed by atoms with van der Waals surface area (Å²) in [5.74, 6) is -0.336. The van der Waals surface area contributed by atoms with Crippen LogP contribution in [0.4, 0.5) is 4.39 Å². The van der Waals surface area contributed by atoms with Crippen LogP contribution in [0.3, 0.4) is 0 Å². The van der Waals surface area contributed by atoms with Gasteiger partial charge in [-0.15, -0.1) is 0 Å². The van der Waals surface area contributed by atoms with Crippen molar-refractivity contribution in [3.05, 3.63) is 75.5 Å². The fourth-order valence-electron chi connectivity index (χ4n) is 7.10. The Balaban J connectivity index is 0.953. The van der Waals surface area contributed by atoms with Crippen molar-refractivity contribution in [1.29, 1.82) is 0 Å². The molecule has 3 aliphatic rings. The topological polar surface area (TPSA) is 139 Å². The number of nitrogens with zero attached hydrogens (tertiary/aromatic N) is 6. The molecule has 3 fully saturated rings. The quantitative estimate of drug-likeness (QED) is 0.367. The molecule has 0 aliphatic carbocycles. The number of halogens is 1. The first-order valence-corrected chi connectivity index (χ1v) is 17.0. The minimum absolute atomic E-state index is 0.00981. The van der Waals surface area contributed by atoms with Crippen molar-refractivity contribution in [3.8, 4) is 0 Å². The van der Waals surface area contributed by atoms with Gasteiger partial charge in [0.1, 0.15) is 5.82 Å². The molecular weight excluding hydrogens is 615 g/mol. The van der Waals surface area contributed by atoms with Gasteiger partial charge < -0.3 is 20.4 Å². The molecule has 6 rings (SSSR count). The number of piperazine rings is 2. The first-order valence-electron chi connectivity index (χ1n) is 17.0. The van der Waals surface area contributed by atoms with Crippen LogP contribution in [0, 0.1) is 11.7 Å². The summed E-state index contributed by atoms with van der Waals surface area (Å²) in [5.41, 5.74) is 6.81. The van der Waals surface area contributed by atoms with Gasteiger partial charge in [-0.1, -0.05) is 24.3 Å². The summed E-state index contributed by atoms with van der Waals surface area (Å²) >= 11 is 0. The van der Waals surface area contributed by atoms with Crippen molar-refractivity contribution in [2.45, 2.75) is 32.2 Å². The van der Waals surface area contributed by atoms with Crippen LogP contribution in [0.2, 0.25) is 0 Å². The third-order valence-electron chi connectivity index (χ3n) is 9.98. The average molecular weight is 661 g/mol. The number of nitrogens with one attached hydrogen (secondary N) is 1. The van der Waals surface area contributed by atoms with Gasteiger partial charge in [0.25, 0.3) is 11.5 Å². The first kappa shape index (κ1) is 33.7. The van der Waals surface area contributed by atoms with Crippen molar-refractivity contribution in [3.63, 3.8) is 0 Å². The lowest BCUT2D eigenvalue weighted by molar-refractivity contribution is -0.135. The monoisotopic (exact) mass is 660 g/mol. The van der Waals surface area contributed by atoms with Gasteiger partial charge in [-0.05, 0) is 62.5 Å². The Morgan fingerprint density at radius 3 is 2.21 bits per heavy atom. The van der Waals surface area contributed by atoms with E-state index in [1.54, 1.807) is 41.0 Å². The number of aromatic nitrogens is 2. The third-order valence-corrected chi connectivity index (χ3v) is 9.98. The molecule has 4 heterocycles. The predicted octanol–water partition coefficient (Wildman–Crippen LogP) is 1.14.